The van der Waals surface area contributed by atoms with E-state index < -0.39 is 32.7 Å². The molecule has 1 fully saturated rings. The number of rotatable bonds is 3. The van der Waals surface area contributed by atoms with E-state index in [-0.39, 0.29) is 41.1 Å². The number of fused-ring (bicyclic) bond motifs is 3. The Labute approximate surface area is 291 Å². The molecule has 5 rings (SSSR count). The number of carbonyl (C=O) groups is 2. The number of likely N-dealkylation sites (N-methyl/N-ethyl adjacent to an activating group) is 1. The number of sulfonamides is 1. The maximum Gasteiger partial charge on any atom is 0.264 e. The van der Waals surface area contributed by atoms with Crippen molar-refractivity contribution in [1.82, 2.24) is 9.62 Å². The van der Waals surface area contributed by atoms with Crippen LogP contribution in [0.25, 0.3) is 0 Å². The average molecular weight is 702 g/mol. The van der Waals surface area contributed by atoms with Gasteiger partial charge in [-0.05, 0) is 87.0 Å². The minimum Gasteiger partial charge on any atom is -0.491 e. The molecule has 1 N–H and O–H groups in total. The molecule has 9 nitrogen and oxygen atoms in total. The number of benzene rings is 1. The Balaban J connectivity index is 1.59. The molecule has 1 saturated carbocycles. The predicted molar refractivity (Wildman–Crippen MR) is 191 cm³/mol. The summed E-state index contributed by atoms with van der Waals surface area (Å²) in [7, 11) is 1.10. The lowest BCUT2D eigenvalue weighted by Gasteiger charge is -2.51. The van der Waals surface area contributed by atoms with Gasteiger partial charge in [0.1, 0.15) is 11.9 Å². The molecule has 2 aliphatic heterocycles. The van der Waals surface area contributed by atoms with E-state index in [1.807, 2.05) is 19.1 Å². The molecule has 0 aromatic heterocycles. The van der Waals surface area contributed by atoms with Crippen LogP contribution in [0.2, 0.25) is 0 Å². The highest BCUT2D eigenvalue weighted by Crippen LogP contribution is 2.51. The number of halogens is 1. The number of ether oxygens (including phenoxy) is 2. The summed E-state index contributed by atoms with van der Waals surface area (Å²) in [4.78, 5) is 31.0. The molecule has 0 radical (unpaired) electrons. The summed E-state index contributed by atoms with van der Waals surface area (Å²) in [5.74, 6) is 0.449. The quantitative estimate of drug-likeness (QED) is 0.377. The summed E-state index contributed by atoms with van der Waals surface area (Å²) in [6, 6.07) is 5.22. The van der Waals surface area contributed by atoms with E-state index in [4.69, 9.17) is 21.1 Å². The van der Waals surface area contributed by atoms with Gasteiger partial charge in [-0.3, -0.25) is 9.59 Å². The first-order chi connectivity index (χ1) is 22.7. The van der Waals surface area contributed by atoms with E-state index >= 15 is 0 Å². The van der Waals surface area contributed by atoms with Gasteiger partial charge < -0.3 is 19.3 Å². The maximum absolute atomic E-state index is 13.6. The van der Waals surface area contributed by atoms with Crippen LogP contribution in [0.1, 0.15) is 69.7 Å². The molecular formula is C37H52ClN3O6S. The number of nitrogens with one attached hydrogen (secondary N) is 1. The van der Waals surface area contributed by atoms with Gasteiger partial charge in [-0.25, -0.2) is 13.1 Å². The first-order valence-corrected chi connectivity index (χ1v) is 19.2. The molecule has 1 aromatic rings. The lowest BCUT2D eigenvalue weighted by atomic mass is 9.57. The fraction of sp³-hybridized carbons (Fsp3) is 0.622. The summed E-state index contributed by atoms with van der Waals surface area (Å²) in [5.41, 5.74) is 0.412. The summed E-state index contributed by atoms with van der Waals surface area (Å²) < 4.78 is 41.8. The number of allylic oxidation sites excluding steroid dienone is 4. The number of hydrogen-bond donors (Lipinski definition) is 1. The van der Waals surface area contributed by atoms with Crippen LogP contribution in [0.3, 0.4) is 0 Å². The Hall–Kier alpha value is -2.82. The number of amides is 2. The number of methoxy groups -OCH3 is 1. The summed E-state index contributed by atoms with van der Waals surface area (Å²) in [6.45, 7) is 7.50. The molecule has 48 heavy (non-hydrogen) atoms. The van der Waals surface area contributed by atoms with Crippen molar-refractivity contribution in [1.29, 1.82) is 0 Å². The lowest BCUT2D eigenvalue weighted by Crippen LogP contribution is -2.54. The van der Waals surface area contributed by atoms with Gasteiger partial charge >= 0.3 is 0 Å². The van der Waals surface area contributed by atoms with Crippen molar-refractivity contribution in [2.24, 2.45) is 35.0 Å². The minimum absolute atomic E-state index is 0.0975. The first-order valence-electron chi connectivity index (χ1n) is 17.3. The van der Waals surface area contributed by atoms with E-state index in [1.165, 1.54) is 0 Å². The topological polar surface area (TPSA) is 105 Å². The molecule has 264 valence electrons. The van der Waals surface area contributed by atoms with Crippen LogP contribution in [-0.4, -0.2) is 77.4 Å². The molecule has 2 bridgehead atoms. The van der Waals surface area contributed by atoms with Crippen molar-refractivity contribution >= 4 is 39.1 Å². The fourth-order valence-electron chi connectivity index (χ4n) is 7.89. The minimum atomic E-state index is -3.99. The highest BCUT2D eigenvalue weighted by atomic mass is 35.5. The van der Waals surface area contributed by atoms with Crippen LogP contribution in [0.4, 0.5) is 5.69 Å². The van der Waals surface area contributed by atoms with Crippen LogP contribution in [0.5, 0.6) is 5.75 Å². The predicted octanol–water partition coefficient (Wildman–Crippen LogP) is 6.16. The second-order valence-electron chi connectivity index (χ2n) is 14.6. The Morgan fingerprint density at radius 2 is 1.94 bits per heavy atom. The van der Waals surface area contributed by atoms with E-state index in [0.29, 0.717) is 25.3 Å². The normalized spacial score (nSPS) is 33.6. The molecule has 2 aliphatic carbocycles. The first kappa shape index (κ1) is 36.5. The SMILES string of the molecule is CO[C@H](C(=O)N(C)C)C1(C)/C=C/CC(C)[C@@H](C)S(=O)(=O)NC(=O)c2ccc3c(c2)N(CCCCC2C=C(Cl)C=CC2CO3)C[C@@H]2CC[C@H]21. The van der Waals surface area contributed by atoms with Crippen molar-refractivity contribution in [2.45, 2.75) is 70.7 Å². The Kier molecular flexibility index (Phi) is 11.4. The van der Waals surface area contributed by atoms with Gasteiger partial charge in [0.05, 0.1) is 17.5 Å². The summed E-state index contributed by atoms with van der Waals surface area (Å²) in [5, 5.41) is -0.0794. The molecule has 11 heteroatoms. The third-order valence-corrected chi connectivity index (χ3v) is 13.4. The second kappa shape index (κ2) is 15.0. The van der Waals surface area contributed by atoms with Crippen LogP contribution in [0.15, 0.2) is 53.6 Å². The molecule has 0 saturated heterocycles. The van der Waals surface area contributed by atoms with Gasteiger partial charge in [-0.15, -0.1) is 0 Å². The number of hydrogen-bond acceptors (Lipinski definition) is 7. The zero-order valence-corrected chi connectivity index (χ0v) is 30.7. The van der Waals surface area contributed by atoms with E-state index in [2.05, 4.69) is 34.8 Å². The van der Waals surface area contributed by atoms with Gasteiger partial charge in [-0.2, -0.15) is 0 Å². The molecule has 8 atom stereocenters. The molecular weight excluding hydrogens is 650 g/mol. The van der Waals surface area contributed by atoms with Crippen LogP contribution < -0.4 is 14.4 Å². The zero-order valence-electron chi connectivity index (χ0n) is 29.2. The van der Waals surface area contributed by atoms with Crippen molar-refractivity contribution in [2.75, 3.05) is 45.8 Å². The Bertz CT molecular complexity index is 1560. The van der Waals surface area contributed by atoms with Crippen LogP contribution in [-0.2, 0) is 19.6 Å². The Morgan fingerprint density at radius 3 is 2.62 bits per heavy atom. The number of nitrogens with zero attached hydrogens (tertiary/aromatic N) is 2. The van der Waals surface area contributed by atoms with Gasteiger partial charge in [0.2, 0.25) is 10.0 Å². The molecule has 2 heterocycles. The fourth-order valence-corrected chi connectivity index (χ4v) is 9.41. The lowest BCUT2D eigenvalue weighted by molar-refractivity contribution is -0.151. The second-order valence-corrected chi connectivity index (χ2v) is 17.1. The standard InChI is InChI=1S/C37H52ClN3O6S/c1-24-10-9-18-37(3,34(46-6)36(43)40(4)5)31-16-13-28(31)22-41-19-8-7-11-26-20-30(38)15-12-29(26)23-47-33-17-14-27(21-32(33)41)35(42)39-48(44,45)25(24)2/h9,12,14-15,17-18,20-21,24-26,28-29,31,34H,7-8,10-11,13,16,19,22-23H2,1-6H3,(H,39,42)/b18-9+/t24?,25-,26?,28+,29?,31-,34-,37?/m1/s1. The van der Waals surface area contributed by atoms with Gasteiger partial charge in [0.25, 0.3) is 11.8 Å². The number of carbonyl (C=O) groups excluding carboxylic acids is 2. The summed E-state index contributed by atoms with van der Waals surface area (Å²) >= 11 is 6.39. The van der Waals surface area contributed by atoms with Gasteiger partial charge in [0, 0.05) is 56.2 Å². The third-order valence-electron chi connectivity index (χ3n) is 11.3. The highest BCUT2D eigenvalue weighted by Gasteiger charge is 2.51. The van der Waals surface area contributed by atoms with E-state index in [1.54, 1.807) is 51.2 Å². The largest absolute Gasteiger partial charge is 0.491 e. The third kappa shape index (κ3) is 7.65. The monoisotopic (exact) mass is 701 g/mol. The van der Waals surface area contributed by atoms with E-state index in [9.17, 15) is 18.0 Å². The van der Waals surface area contributed by atoms with Crippen molar-refractivity contribution in [3.05, 3.63) is 59.2 Å². The molecule has 0 spiro atoms. The van der Waals surface area contributed by atoms with Crippen molar-refractivity contribution < 1.29 is 27.5 Å². The zero-order chi connectivity index (χ0) is 34.8. The van der Waals surface area contributed by atoms with Gasteiger partial charge in [-0.1, -0.05) is 56.2 Å². The van der Waals surface area contributed by atoms with Crippen LogP contribution >= 0.6 is 11.6 Å². The van der Waals surface area contributed by atoms with E-state index in [0.717, 1.165) is 49.4 Å². The van der Waals surface area contributed by atoms with Crippen molar-refractivity contribution in [3.8, 4) is 5.75 Å². The van der Waals surface area contributed by atoms with Crippen LogP contribution in [0, 0.1) is 35.0 Å². The number of anilines is 1. The Morgan fingerprint density at radius 1 is 1.17 bits per heavy atom. The molecule has 2 amide bonds. The van der Waals surface area contributed by atoms with Gasteiger partial charge in [0.15, 0.2) is 0 Å². The van der Waals surface area contributed by atoms with Crippen molar-refractivity contribution in [3.63, 3.8) is 0 Å². The molecule has 4 unspecified atom stereocenters. The molecule has 4 aliphatic rings. The summed E-state index contributed by atoms with van der Waals surface area (Å²) in [6.07, 6.45) is 14.9. The maximum atomic E-state index is 13.6. The smallest absolute Gasteiger partial charge is 0.264 e. The average Bonchev–Trinajstić information content (AvgIpc) is 3.05. The highest BCUT2D eigenvalue weighted by molar-refractivity contribution is 7.90. The molecule has 1 aromatic carbocycles.